The minimum atomic E-state index is -2.89. The number of hydrogen-bond acceptors (Lipinski definition) is 0. The quantitative estimate of drug-likeness (QED) is 0.308. The fraction of sp³-hybridized carbons (Fsp3) is 0.636. The van der Waals surface area contributed by atoms with E-state index in [4.69, 9.17) is 17.2 Å². The first-order chi connectivity index (χ1) is 11.7. The molecule has 3 atom stereocenters. The molecule has 0 amide bonds. The van der Waals surface area contributed by atoms with Gasteiger partial charge in [-0.2, -0.15) is 0 Å². The summed E-state index contributed by atoms with van der Waals surface area (Å²) in [5.74, 6) is 1.32. The van der Waals surface area contributed by atoms with Crippen LogP contribution in [-0.2, 0) is 19.1 Å². The Bertz CT molecular complexity index is 689. The van der Waals surface area contributed by atoms with E-state index in [2.05, 4.69) is 59.8 Å². The van der Waals surface area contributed by atoms with Crippen LogP contribution in [0.5, 0.6) is 0 Å². The average molecular weight is 545 g/mol. The number of halogens is 2. The van der Waals surface area contributed by atoms with Crippen molar-refractivity contribution in [3.05, 3.63) is 46.1 Å². The zero-order valence-electron chi connectivity index (χ0n) is 16.5. The molecule has 0 bridgehead atoms. The maximum atomic E-state index is 7.09. The number of hydrogen-bond donors (Lipinski definition) is 0. The molecule has 3 aliphatic rings. The molecule has 0 spiro atoms. The van der Waals surface area contributed by atoms with Gasteiger partial charge >= 0.3 is 170 Å². The standard InChI is InChI=1S/C22H31.2ClH.Hf/c1-14(2)20-19-16(4)15(3)10-9-13-18(19)21(22(20,5)6)17-11-7-8-12-17;;;/h7-8,11,15-16H,9-10,12-13H2,1-6H3;2*1H;/q;;;+2/p-2. The van der Waals surface area contributed by atoms with Gasteiger partial charge in [0.05, 0.1) is 0 Å². The van der Waals surface area contributed by atoms with Crippen molar-refractivity contribution in [3.63, 3.8) is 0 Å². The molecule has 25 heavy (non-hydrogen) atoms. The zero-order chi connectivity index (χ0) is 18.6. The Kier molecular flexibility index (Phi) is 5.72. The van der Waals surface area contributed by atoms with Crippen LogP contribution in [0.4, 0.5) is 0 Å². The van der Waals surface area contributed by atoms with Gasteiger partial charge in [0.15, 0.2) is 0 Å². The van der Waals surface area contributed by atoms with Crippen LogP contribution in [0.25, 0.3) is 0 Å². The molecule has 137 valence electrons. The molecule has 0 radical (unpaired) electrons. The van der Waals surface area contributed by atoms with Gasteiger partial charge in [-0.1, -0.05) is 0 Å². The minimum absolute atomic E-state index is 0.00521. The molecule has 0 aromatic carbocycles. The van der Waals surface area contributed by atoms with Crippen LogP contribution in [0, 0.1) is 17.3 Å². The van der Waals surface area contributed by atoms with Gasteiger partial charge in [-0.25, -0.2) is 0 Å². The molecule has 3 aliphatic carbocycles. The Morgan fingerprint density at radius 1 is 1.20 bits per heavy atom. The second-order valence-corrected chi connectivity index (χ2v) is 21.2. The fourth-order valence-electron chi connectivity index (χ4n) is 5.90. The maximum absolute atomic E-state index is 7.09. The predicted molar refractivity (Wildman–Crippen MR) is 108 cm³/mol. The van der Waals surface area contributed by atoms with Gasteiger partial charge in [0.25, 0.3) is 0 Å². The van der Waals surface area contributed by atoms with Gasteiger partial charge < -0.3 is 0 Å². The van der Waals surface area contributed by atoms with E-state index < -0.39 is 19.1 Å². The van der Waals surface area contributed by atoms with Crippen LogP contribution in [0.1, 0.15) is 67.2 Å². The molecule has 0 saturated heterocycles. The van der Waals surface area contributed by atoms with Crippen LogP contribution >= 0.6 is 17.2 Å². The van der Waals surface area contributed by atoms with Crippen molar-refractivity contribution in [1.29, 1.82) is 0 Å². The van der Waals surface area contributed by atoms with Gasteiger partial charge in [0.2, 0.25) is 0 Å². The van der Waals surface area contributed by atoms with E-state index in [0.717, 1.165) is 12.3 Å². The van der Waals surface area contributed by atoms with Crippen molar-refractivity contribution in [2.75, 3.05) is 0 Å². The molecule has 0 fully saturated rings. The second-order valence-electron chi connectivity index (χ2n) is 8.89. The number of rotatable bonds is 2. The van der Waals surface area contributed by atoms with Crippen LogP contribution in [0.15, 0.2) is 46.1 Å². The summed E-state index contributed by atoms with van der Waals surface area (Å²) < 4.78 is -0.0649. The molecule has 0 aromatic heterocycles. The summed E-state index contributed by atoms with van der Waals surface area (Å²) >= 11 is -2.89. The van der Waals surface area contributed by atoms with E-state index in [1.807, 2.05) is 0 Å². The summed E-state index contributed by atoms with van der Waals surface area (Å²) in [6.45, 7) is 14.3. The van der Waals surface area contributed by atoms with E-state index in [1.54, 1.807) is 16.7 Å². The Hall–Kier alpha value is 0.410. The average Bonchev–Trinajstić information content (AvgIpc) is 3.06. The monoisotopic (exact) mass is 545 g/mol. The molecule has 0 heterocycles. The van der Waals surface area contributed by atoms with Gasteiger partial charge in [-0.3, -0.25) is 0 Å². The summed E-state index contributed by atoms with van der Waals surface area (Å²) in [6.07, 6.45) is 11.6. The predicted octanol–water partition coefficient (Wildman–Crippen LogP) is 8.09. The third kappa shape index (κ3) is 2.78. The topological polar surface area (TPSA) is 0 Å². The molecular weight excluding hydrogens is 514 g/mol. The van der Waals surface area contributed by atoms with E-state index in [1.165, 1.54) is 30.4 Å². The van der Waals surface area contributed by atoms with Crippen molar-refractivity contribution in [2.45, 2.75) is 70.4 Å². The molecule has 0 aromatic rings. The molecular formula is C22H31Cl2Hf. The Labute approximate surface area is 169 Å². The Balaban J connectivity index is 2.37. The van der Waals surface area contributed by atoms with E-state index in [0.29, 0.717) is 5.92 Å². The zero-order valence-corrected chi connectivity index (χ0v) is 21.6. The molecule has 0 N–H and O–H groups in total. The first-order valence-corrected chi connectivity index (χ1v) is 20.3. The Morgan fingerprint density at radius 3 is 2.40 bits per heavy atom. The van der Waals surface area contributed by atoms with Crippen molar-refractivity contribution in [2.24, 2.45) is 17.3 Å². The second kappa shape index (κ2) is 7.10. The summed E-state index contributed by atoms with van der Waals surface area (Å²) in [5, 5.41) is 0. The van der Waals surface area contributed by atoms with Crippen LogP contribution in [0.2, 0.25) is 3.17 Å². The third-order valence-corrected chi connectivity index (χ3v) is 18.2. The van der Waals surface area contributed by atoms with E-state index >= 15 is 0 Å². The summed E-state index contributed by atoms with van der Waals surface area (Å²) in [6, 6.07) is 0. The van der Waals surface area contributed by atoms with Crippen LogP contribution in [0.3, 0.4) is 0 Å². The van der Waals surface area contributed by atoms with Crippen molar-refractivity contribution < 1.29 is 19.1 Å². The van der Waals surface area contributed by atoms with Crippen molar-refractivity contribution >= 4 is 17.2 Å². The SMILES string of the molecule is CC(C)=C1C2=C(CCCC(C)C2C)[C](C2=CC=CC2)([Hf]([Cl])[Cl])C1(C)C. The normalized spacial score (nSPS) is 34.1. The summed E-state index contributed by atoms with van der Waals surface area (Å²) in [4.78, 5) is 0. The molecule has 3 unspecified atom stereocenters. The van der Waals surface area contributed by atoms with Crippen molar-refractivity contribution in [1.82, 2.24) is 0 Å². The van der Waals surface area contributed by atoms with Gasteiger partial charge in [-0.15, -0.1) is 0 Å². The van der Waals surface area contributed by atoms with E-state index in [-0.39, 0.29) is 8.59 Å². The molecule has 0 nitrogen and oxygen atoms in total. The Morgan fingerprint density at radius 2 is 1.88 bits per heavy atom. The van der Waals surface area contributed by atoms with Gasteiger partial charge in [0.1, 0.15) is 0 Å². The fourth-order valence-corrected chi connectivity index (χ4v) is 19.1. The first-order valence-electron chi connectivity index (χ1n) is 9.63. The van der Waals surface area contributed by atoms with Gasteiger partial charge in [0, 0.05) is 0 Å². The van der Waals surface area contributed by atoms with Crippen molar-refractivity contribution in [3.8, 4) is 0 Å². The van der Waals surface area contributed by atoms with Gasteiger partial charge in [-0.05, 0) is 0 Å². The van der Waals surface area contributed by atoms with Crippen LogP contribution < -0.4 is 0 Å². The molecule has 0 aliphatic heterocycles. The number of allylic oxidation sites excluding steroid dienone is 8. The van der Waals surface area contributed by atoms with E-state index in [9.17, 15) is 0 Å². The first kappa shape index (κ1) is 20.2. The molecule has 0 saturated carbocycles. The van der Waals surface area contributed by atoms with Crippen LogP contribution in [-0.4, -0.2) is 0 Å². The molecule has 3 heteroatoms. The summed E-state index contributed by atoms with van der Waals surface area (Å²) in [7, 11) is 14.2. The summed E-state index contributed by atoms with van der Waals surface area (Å²) in [5.41, 5.74) is 7.79. The molecule has 3 rings (SSSR count). The third-order valence-electron chi connectivity index (χ3n) is 7.04.